The van der Waals surface area contributed by atoms with Gasteiger partial charge in [0.15, 0.2) is 5.65 Å². The average Bonchev–Trinajstić information content (AvgIpc) is 2.78. The fourth-order valence-corrected chi connectivity index (χ4v) is 3.20. The SMILES string of the molecule is c1cnc2c(c1)nc(C1CCOCC1)n2C1CCC1. The molecule has 2 aromatic rings. The maximum atomic E-state index is 5.48. The smallest absolute Gasteiger partial charge is 0.160 e. The second-order valence-corrected chi connectivity index (χ2v) is 5.66. The summed E-state index contributed by atoms with van der Waals surface area (Å²) in [6.45, 7) is 1.73. The molecule has 4 heteroatoms. The highest BCUT2D eigenvalue weighted by Gasteiger charge is 2.29. The molecular formula is C15H19N3O. The monoisotopic (exact) mass is 257 g/mol. The summed E-state index contributed by atoms with van der Waals surface area (Å²) in [5.41, 5.74) is 2.13. The molecule has 0 aromatic carbocycles. The molecule has 1 aliphatic carbocycles. The largest absolute Gasteiger partial charge is 0.381 e. The topological polar surface area (TPSA) is 39.9 Å². The van der Waals surface area contributed by atoms with Crippen molar-refractivity contribution < 1.29 is 4.74 Å². The van der Waals surface area contributed by atoms with Crippen LogP contribution in [0.1, 0.15) is 49.9 Å². The Labute approximate surface area is 112 Å². The lowest BCUT2D eigenvalue weighted by Crippen LogP contribution is -2.23. The number of hydrogen-bond acceptors (Lipinski definition) is 3. The van der Waals surface area contributed by atoms with Crippen LogP contribution >= 0.6 is 0 Å². The van der Waals surface area contributed by atoms with Gasteiger partial charge in [0.2, 0.25) is 0 Å². The minimum Gasteiger partial charge on any atom is -0.381 e. The molecule has 1 aliphatic heterocycles. The first-order chi connectivity index (χ1) is 9.43. The van der Waals surface area contributed by atoms with Crippen molar-refractivity contribution in [3.05, 3.63) is 24.2 Å². The summed E-state index contributed by atoms with van der Waals surface area (Å²) in [7, 11) is 0. The molecule has 19 heavy (non-hydrogen) atoms. The Balaban J connectivity index is 1.83. The minimum absolute atomic E-state index is 0.545. The zero-order chi connectivity index (χ0) is 12.7. The lowest BCUT2D eigenvalue weighted by Gasteiger charge is -2.31. The van der Waals surface area contributed by atoms with Crippen LogP contribution in [0.25, 0.3) is 11.2 Å². The van der Waals surface area contributed by atoms with Crippen LogP contribution in [0.5, 0.6) is 0 Å². The van der Waals surface area contributed by atoms with Gasteiger partial charge >= 0.3 is 0 Å². The second kappa shape index (κ2) is 4.60. The zero-order valence-electron chi connectivity index (χ0n) is 11.1. The minimum atomic E-state index is 0.545. The third kappa shape index (κ3) is 1.86. The Bertz CT molecular complexity index is 582. The van der Waals surface area contributed by atoms with Gasteiger partial charge in [0, 0.05) is 31.4 Å². The second-order valence-electron chi connectivity index (χ2n) is 5.66. The number of pyridine rings is 1. The van der Waals surface area contributed by atoms with Gasteiger partial charge in [0.05, 0.1) is 0 Å². The maximum absolute atomic E-state index is 5.48. The lowest BCUT2D eigenvalue weighted by atomic mass is 9.91. The van der Waals surface area contributed by atoms with Gasteiger partial charge in [-0.25, -0.2) is 9.97 Å². The molecule has 0 radical (unpaired) electrons. The average molecular weight is 257 g/mol. The van der Waals surface area contributed by atoms with Gasteiger partial charge in [-0.15, -0.1) is 0 Å². The molecule has 2 fully saturated rings. The van der Waals surface area contributed by atoms with Gasteiger partial charge in [0.25, 0.3) is 0 Å². The summed E-state index contributed by atoms with van der Waals surface area (Å²) in [5.74, 6) is 1.80. The highest BCUT2D eigenvalue weighted by atomic mass is 16.5. The van der Waals surface area contributed by atoms with Crippen LogP contribution in [-0.4, -0.2) is 27.7 Å². The van der Waals surface area contributed by atoms with Crippen molar-refractivity contribution in [1.29, 1.82) is 0 Å². The van der Waals surface area contributed by atoms with Crippen molar-refractivity contribution in [3.8, 4) is 0 Å². The highest BCUT2D eigenvalue weighted by Crippen LogP contribution is 2.38. The molecule has 0 bridgehead atoms. The van der Waals surface area contributed by atoms with Gasteiger partial charge in [-0.3, -0.25) is 0 Å². The first-order valence-electron chi connectivity index (χ1n) is 7.34. The van der Waals surface area contributed by atoms with Crippen LogP contribution < -0.4 is 0 Å². The highest BCUT2D eigenvalue weighted by molar-refractivity contribution is 5.71. The van der Waals surface area contributed by atoms with Crippen LogP contribution in [-0.2, 0) is 4.74 Å². The van der Waals surface area contributed by atoms with E-state index in [9.17, 15) is 0 Å². The standard InChI is InChI=1S/C15H19N3O/c1-3-12(4-1)18-14(11-6-9-19-10-7-11)17-13-5-2-8-16-15(13)18/h2,5,8,11-12H,1,3-4,6-7,9-10H2. The summed E-state index contributed by atoms with van der Waals surface area (Å²) in [6.07, 6.45) is 7.96. The molecule has 0 amide bonds. The quantitative estimate of drug-likeness (QED) is 0.830. The number of fused-ring (bicyclic) bond motifs is 1. The van der Waals surface area contributed by atoms with E-state index in [4.69, 9.17) is 9.72 Å². The molecule has 0 N–H and O–H groups in total. The van der Waals surface area contributed by atoms with Crippen molar-refractivity contribution in [2.45, 2.75) is 44.1 Å². The molecule has 2 aliphatic rings. The molecule has 4 nitrogen and oxygen atoms in total. The van der Waals surface area contributed by atoms with E-state index >= 15 is 0 Å². The predicted octanol–water partition coefficient (Wildman–Crippen LogP) is 3.05. The summed E-state index contributed by atoms with van der Waals surface area (Å²) >= 11 is 0. The fourth-order valence-electron chi connectivity index (χ4n) is 3.20. The van der Waals surface area contributed by atoms with E-state index in [1.54, 1.807) is 0 Å². The Morgan fingerprint density at radius 1 is 1.16 bits per heavy atom. The van der Waals surface area contributed by atoms with E-state index < -0.39 is 0 Å². The van der Waals surface area contributed by atoms with Gasteiger partial charge in [0.1, 0.15) is 11.3 Å². The zero-order valence-corrected chi connectivity index (χ0v) is 11.1. The third-order valence-electron chi connectivity index (χ3n) is 4.50. The molecule has 1 saturated heterocycles. The Kier molecular flexibility index (Phi) is 2.76. The number of imidazole rings is 1. The Hall–Kier alpha value is -1.42. The van der Waals surface area contributed by atoms with Crippen LogP contribution in [0.15, 0.2) is 18.3 Å². The van der Waals surface area contributed by atoms with E-state index in [2.05, 4.69) is 15.6 Å². The van der Waals surface area contributed by atoms with E-state index in [1.807, 2.05) is 12.3 Å². The van der Waals surface area contributed by atoms with E-state index in [0.29, 0.717) is 12.0 Å². The first-order valence-corrected chi connectivity index (χ1v) is 7.34. The molecular weight excluding hydrogens is 238 g/mol. The molecule has 1 saturated carbocycles. The molecule has 3 heterocycles. The van der Waals surface area contributed by atoms with Crippen molar-refractivity contribution in [2.75, 3.05) is 13.2 Å². The Morgan fingerprint density at radius 3 is 2.74 bits per heavy atom. The van der Waals surface area contributed by atoms with Crippen molar-refractivity contribution in [1.82, 2.24) is 14.5 Å². The van der Waals surface area contributed by atoms with E-state index in [0.717, 1.165) is 37.2 Å². The van der Waals surface area contributed by atoms with Crippen LogP contribution in [0, 0.1) is 0 Å². The molecule has 0 spiro atoms. The number of hydrogen-bond donors (Lipinski definition) is 0. The van der Waals surface area contributed by atoms with Crippen LogP contribution in [0.2, 0.25) is 0 Å². The summed E-state index contributed by atoms with van der Waals surface area (Å²) < 4.78 is 7.91. The number of aromatic nitrogens is 3. The molecule has 0 atom stereocenters. The summed E-state index contributed by atoms with van der Waals surface area (Å²) in [5, 5.41) is 0. The van der Waals surface area contributed by atoms with Gasteiger partial charge < -0.3 is 9.30 Å². The fraction of sp³-hybridized carbons (Fsp3) is 0.600. The number of nitrogens with zero attached hydrogens (tertiary/aromatic N) is 3. The first kappa shape index (κ1) is 11.4. The lowest BCUT2D eigenvalue weighted by molar-refractivity contribution is 0.0820. The molecule has 4 rings (SSSR count). The number of rotatable bonds is 2. The van der Waals surface area contributed by atoms with Crippen LogP contribution in [0.4, 0.5) is 0 Å². The third-order valence-corrected chi connectivity index (χ3v) is 4.50. The molecule has 0 unspecified atom stereocenters. The predicted molar refractivity (Wildman–Crippen MR) is 73.2 cm³/mol. The molecule has 100 valence electrons. The summed E-state index contributed by atoms with van der Waals surface area (Å²) in [4.78, 5) is 9.45. The van der Waals surface area contributed by atoms with Gasteiger partial charge in [-0.05, 0) is 44.2 Å². The van der Waals surface area contributed by atoms with Crippen molar-refractivity contribution in [2.24, 2.45) is 0 Å². The van der Waals surface area contributed by atoms with Gasteiger partial charge in [-0.2, -0.15) is 0 Å². The normalized spacial score (nSPS) is 21.7. The Morgan fingerprint density at radius 2 is 2.00 bits per heavy atom. The molecule has 2 aromatic heterocycles. The van der Waals surface area contributed by atoms with Crippen molar-refractivity contribution >= 4 is 11.2 Å². The summed E-state index contributed by atoms with van der Waals surface area (Å²) in [6, 6.07) is 4.69. The van der Waals surface area contributed by atoms with E-state index in [-0.39, 0.29) is 0 Å². The number of ether oxygens (including phenoxy) is 1. The maximum Gasteiger partial charge on any atom is 0.160 e. The van der Waals surface area contributed by atoms with Crippen LogP contribution in [0.3, 0.4) is 0 Å². The van der Waals surface area contributed by atoms with Gasteiger partial charge in [-0.1, -0.05) is 0 Å². The van der Waals surface area contributed by atoms with E-state index in [1.165, 1.54) is 25.1 Å². The van der Waals surface area contributed by atoms with Crippen molar-refractivity contribution in [3.63, 3.8) is 0 Å².